The van der Waals surface area contributed by atoms with E-state index in [4.69, 9.17) is 0 Å². The lowest BCUT2D eigenvalue weighted by Gasteiger charge is -2.19. The van der Waals surface area contributed by atoms with Gasteiger partial charge in [-0.3, -0.25) is 9.52 Å². The molecule has 0 unspecified atom stereocenters. The van der Waals surface area contributed by atoms with E-state index in [0.29, 0.717) is 11.4 Å². The summed E-state index contributed by atoms with van der Waals surface area (Å²) in [5, 5.41) is 2.96. The van der Waals surface area contributed by atoms with Crippen LogP contribution in [0.2, 0.25) is 0 Å². The molecule has 28 heavy (non-hydrogen) atoms. The predicted molar refractivity (Wildman–Crippen MR) is 117 cm³/mol. The Balaban J connectivity index is 1.91. The van der Waals surface area contributed by atoms with Gasteiger partial charge in [0.25, 0.3) is 0 Å². The Morgan fingerprint density at radius 2 is 1.75 bits per heavy atom. The van der Waals surface area contributed by atoms with Gasteiger partial charge in [0.2, 0.25) is 15.9 Å². The van der Waals surface area contributed by atoms with Crippen LogP contribution in [-0.4, -0.2) is 26.3 Å². The number of anilines is 1. The molecule has 1 atom stereocenters. The molecule has 7 heteroatoms. The van der Waals surface area contributed by atoms with Crippen molar-refractivity contribution >= 4 is 33.4 Å². The number of thioether (sulfide) groups is 1. The molecule has 1 amide bonds. The Morgan fingerprint density at radius 3 is 2.32 bits per heavy atom. The minimum atomic E-state index is -3.34. The molecule has 0 fully saturated rings. The fraction of sp³-hybridized carbons (Fsp3) is 0.381. The minimum absolute atomic E-state index is 0.0705. The summed E-state index contributed by atoms with van der Waals surface area (Å²) < 4.78 is 25.2. The Bertz CT molecular complexity index is 917. The summed E-state index contributed by atoms with van der Waals surface area (Å²) in [5.41, 5.74) is 2.68. The van der Waals surface area contributed by atoms with Gasteiger partial charge in [-0.25, -0.2) is 8.42 Å². The lowest BCUT2D eigenvalue weighted by molar-refractivity contribution is -0.119. The van der Waals surface area contributed by atoms with Gasteiger partial charge in [-0.2, -0.15) is 0 Å². The number of hydrogen-bond acceptors (Lipinski definition) is 4. The maximum absolute atomic E-state index is 12.3. The highest BCUT2D eigenvalue weighted by atomic mass is 32.2. The first-order valence-electron chi connectivity index (χ1n) is 9.04. The number of carbonyl (C=O) groups is 1. The second-order valence-electron chi connectivity index (χ2n) is 7.85. The molecule has 2 aromatic carbocycles. The fourth-order valence-electron chi connectivity index (χ4n) is 2.65. The summed E-state index contributed by atoms with van der Waals surface area (Å²) in [5.74, 6) is 0.249. The molecule has 0 radical (unpaired) electrons. The van der Waals surface area contributed by atoms with Crippen molar-refractivity contribution in [1.82, 2.24) is 5.32 Å². The standard InChI is InChI=1S/C21H28N2O3S2/c1-15(16-7-6-8-18(13-16)23-28(5,25)26)22-20(24)14-27-19-11-9-17(10-12-19)21(2,3)4/h6-13,15,23H,14H2,1-5H3,(H,22,24)/t15-/m1/s1. The van der Waals surface area contributed by atoms with Crippen LogP contribution in [0.15, 0.2) is 53.4 Å². The summed E-state index contributed by atoms with van der Waals surface area (Å²) in [6.45, 7) is 8.39. The summed E-state index contributed by atoms with van der Waals surface area (Å²) in [6, 6.07) is 15.1. The average Bonchev–Trinajstić information content (AvgIpc) is 2.58. The quantitative estimate of drug-likeness (QED) is 0.654. The average molecular weight is 421 g/mol. The van der Waals surface area contributed by atoms with Gasteiger partial charge in [0.15, 0.2) is 0 Å². The zero-order valence-corrected chi connectivity index (χ0v) is 18.6. The number of nitrogens with one attached hydrogen (secondary N) is 2. The molecule has 0 bridgehead atoms. The minimum Gasteiger partial charge on any atom is -0.349 e. The van der Waals surface area contributed by atoms with Gasteiger partial charge in [-0.1, -0.05) is 45.0 Å². The largest absolute Gasteiger partial charge is 0.349 e. The van der Waals surface area contributed by atoms with Crippen LogP contribution in [0.3, 0.4) is 0 Å². The lowest BCUT2D eigenvalue weighted by Crippen LogP contribution is -2.28. The molecule has 2 aromatic rings. The van der Waals surface area contributed by atoms with Crippen molar-refractivity contribution in [2.75, 3.05) is 16.7 Å². The zero-order valence-electron chi connectivity index (χ0n) is 16.9. The van der Waals surface area contributed by atoms with Crippen LogP contribution in [-0.2, 0) is 20.2 Å². The Morgan fingerprint density at radius 1 is 1.11 bits per heavy atom. The van der Waals surface area contributed by atoms with Crippen molar-refractivity contribution in [3.63, 3.8) is 0 Å². The highest BCUT2D eigenvalue weighted by Crippen LogP contribution is 2.26. The summed E-state index contributed by atoms with van der Waals surface area (Å²) in [6.07, 6.45) is 1.11. The fourth-order valence-corrected chi connectivity index (χ4v) is 3.92. The normalized spacial score (nSPS) is 13.0. The molecule has 0 aromatic heterocycles. The van der Waals surface area contributed by atoms with Crippen LogP contribution >= 0.6 is 11.8 Å². The molecule has 2 rings (SSSR count). The molecular weight excluding hydrogens is 392 g/mol. The van der Waals surface area contributed by atoms with Crippen LogP contribution in [0.4, 0.5) is 5.69 Å². The van der Waals surface area contributed by atoms with E-state index >= 15 is 0 Å². The molecule has 0 aliphatic heterocycles. The SMILES string of the molecule is C[C@@H](NC(=O)CSc1ccc(C(C)(C)C)cc1)c1cccc(NS(C)(=O)=O)c1. The Kier molecular flexibility index (Phi) is 7.17. The lowest BCUT2D eigenvalue weighted by atomic mass is 9.87. The molecular formula is C21H28N2O3S2. The number of hydrogen-bond donors (Lipinski definition) is 2. The first kappa shape index (κ1) is 22.3. The number of rotatable bonds is 7. The number of carbonyl (C=O) groups excluding carboxylic acids is 1. The van der Waals surface area contributed by atoms with Crippen molar-refractivity contribution in [2.24, 2.45) is 0 Å². The molecule has 0 saturated carbocycles. The maximum atomic E-state index is 12.3. The molecule has 0 heterocycles. The van der Waals surface area contributed by atoms with Crippen LogP contribution in [0.1, 0.15) is 44.9 Å². The number of benzene rings is 2. The predicted octanol–water partition coefficient (Wildman–Crippen LogP) is 4.33. The second-order valence-corrected chi connectivity index (χ2v) is 10.6. The van der Waals surface area contributed by atoms with Crippen molar-refractivity contribution in [3.8, 4) is 0 Å². The number of sulfonamides is 1. The van der Waals surface area contributed by atoms with Gasteiger partial charge < -0.3 is 5.32 Å². The van der Waals surface area contributed by atoms with Crippen molar-refractivity contribution in [2.45, 2.75) is 44.0 Å². The van der Waals surface area contributed by atoms with E-state index in [1.165, 1.54) is 17.3 Å². The van der Waals surface area contributed by atoms with Gasteiger partial charge in [0, 0.05) is 10.6 Å². The smallest absolute Gasteiger partial charge is 0.230 e. The van der Waals surface area contributed by atoms with E-state index in [1.54, 1.807) is 18.2 Å². The summed E-state index contributed by atoms with van der Waals surface area (Å²) >= 11 is 1.49. The molecule has 152 valence electrons. The van der Waals surface area contributed by atoms with Crippen LogP contribution in [0.25, 0.3) is 0 Å². The van der Waals surface area contributed by atoms with E-state index in [-0.39, 0.29) is 17.4 Å². The first-order chi connectivity index (χ1) is 12.9. The topological polar surface area (TPSA) is 75.3 Å². The van der Waals surface area contributed by atoms with Crippen molar-refractivity contribution < 1.29 is 13.2 Å². The van der Waals surface area contributed by atoms with Crippen LogP contribution in [0, 0.1) is 0 Å². The van der Waals surface area contributed by atoms with E-state index in [9.17, 15) is 13.2 Å². The van der Waals surface area contributed by atoms with E-state index in [0.717, 1.165) is 16.7 Å². The molecule has 2 N–H and O–H groups in total. The highest BCUT2D eigenvalue weighted by Gasteiger charge is 2.14. The monoisotopic (exact) mass is 420 g/mol. The molecule has 0 spiro atoms. The first-order valence-corrected chi connectivity index (χ1v) is 11.9. The summed E-state index contributed by atoms with van der Waals surface area (Å²) in [7, 11) is -3.34. The van der Waals surface area contributed by atoms with Crippen LogP contribution in [0.5, 0.6) is 0 Å². The third-order valence-corrected chi connectivity index (χ3v) is 5.78. The maximum Gasteiger partial charge on any atom is 0.230 e. The molecule has 5 nitrogen and oxygen atoms in total. The van der Waals surface area contributed by atoms with Gasteiger partial charge >= 0.3 is 0 Å². The van der Waals surface area contributed by atoms with Gasteiger partial charge in [0.05, 0.1) is 18.1 Å². The van der Waals surface area contributed by atoms with Gasteiger partial charge in [-0.15, -0.1) is 11.8 Å². The molecule has 0 aliphatic rings. The second kappa shape index (κ2) is 9.01. The Labute approximate surface area is 172 Å². The number of amides is 1. The zero-order chi connectivity index (χ0) is 20.9. The third-order valence-electron chi connectivity index (χ3n) is 4.16. The van der Waals surface area contributed by atoms with Crippen molar-refractivity contribution in [3.05, 3.63) is 59.7 Å². The van der Waals surface area contributed by atoms with E-state index < -0.39 is 10.0 Å². The highest BCUT2D eigenvalue weighted by molar-refractivity contribution is 8.00. The third kappa shape index (κ3) is 7.20. The van der Waals surface area contributed by atoms with Gasteiger partial charge in [0.1, 0.15) is 0 Å². The molecule has 0 aliphatic carbocycles. The summed E-state index contributed by atoms with van der Waals surface area (Å²) in [4.78, 5) is 13.3. The van der Waals surface area contributed by atoms with E-state index in [2.05, 4.69) is 42.9 Å². The van der Waals surface area contributed by atoms with E-state index in [1.807, 2.05) is 25.1 Å². The van der Waals surface area contributed by atoms with Gasteiger partial charge in [-0.05, 0) is 47.7 Å². The van der Waals surface area contributed by atoms with Crippen LogP contribution < -0.4 is 10.0 Å². The van der Waals surface area contributed by atoms with Crippen molar-refractivity contribution in [1.29, 1.82) is 0 Å². The Hall–Kier alpha value is -1.99. The molecule has 0 saturated heterocycles.